The second kappa shape index (κ2) is 5.03. The molecule has 0 radical (unpaired) electrons. The van der Waals surface area contributed by atoms with Crippen LogP contribution >= 0.6 is 0 Å². The van der Waals surface area contributed by atoms with Crippen LogP contribution in [0.25, 0.3) is 0 Å². The molecule has 0 amide bonds. The summed E-state index contributed by atoms with van der Waals surface area (Å²) < 4.78 is 0. The summed E-state index contributed by atoms with van der Waals surface area (Å²) in [6.45, 7) is 4.18. The minimum Gasteiger partial charge on any atom is -0.393 e. The van der Waals surface area contributed by atoms with Gasteiger partial charge in [0, 0.05) is 0 Å². The van der Waals surface area contributed by atoms with Gasteiger partial charge in [0.25, 0.3) is 0 Å². The molecule has 1 heteroatoms. The van der Waals surface area contributed by atoms with E-state index in [2.05, 4.69) is 19.1 Å². The highest BCUT2D eigenvalue weighted by Gasteiger charge is 2.09. The van der Waals surface area contributed by atoms with E-state index in [1.54, 1.807) is 0 Å². The van der Waals surface area contributed by atoms with Crippen molar-refractivity contribution in [2.45, 2.75) is 38.7 Å². The predicted molar refractivity (Wildman–Crippen MR) is 55.8 cm³/mol. The minimum atomic E-state index is -0.157. The Morgan fingerprint density at radius 3 is 2.38 bits per heavy atom. The molecule has 0 aliphatic heterocycles. The van der Waals surface area contributed by atoms with Crippen molar-refractivity contribution in [3.63, 3.8) is 0 Å². The maximum atomic E-state index is 9.49. The van der Waals surface area contributed by atoms with E-state index in [0.717, 1.165) is 12.8 Å². The highest BCUT2D eigenvalue weighted by molar-refractivity contribution is 5.18. The van der Waals surface area contributed by atoms with Crippen LogP contribution in [0, 0.1) is 0 Å². The van der Waals surface area contributed by atoms with E-state index < -0.39 is 0 Å². The van der Waals surface area contributed by atoms with Crippen LogP contribution in [0.5, 0.6) is 0 Å². The smallest absolute Gasteiger partial charge is 0.0543 e. The van der Waals surface area contributed by atoms with Crippen molar-refractivity contribution in [3.8, 4) is 0 Å². The third-order valence-electron chi connectivity index (χ3n) is 2.47. The zero-order valence-electron chi connectivity index (χ0n) is 8.40. The average Bonchev–Trinajstić information content (AvgIpc) is 2.19. The molecular formula is C12H18O. The van der Waals surface area contributed by atoms with Crippen molar-refractivity contribution in [1.82, 2.24) is 0 Å². The molecule has 1 rings (SSSR count). The molecule has 0 bridgehead atoms. The molecule has 2 atom stereocenters. The molecular weight excluding hydrogens is 160 g/mol. The molecule has 0 aliphatic rings. The fraction of sp³-hybridized carbons (Fsp3) is 0.500. The van der Waals surface area contributed by atoms with Gasteiger partial charge in [-0.2, -0.15) is 0 Å². The van der Waals surface area contributed by atoms with E-state index >= 15 is 0 Å². The van der Waals surface area contributed by atoms with Crippen molar-refractivity contribution < 1.29 is 5.11 Å². The van der Waals surface area contributed by atoms with Crippen LogP contribution in [0.1, 0.15) is 38.2 Å². The fourth-order valence-corrected chi connectivity index (χ4v) is 1.49. The van der Waals surface area contributed by atoms with Gasteiger partial charge in [0.2, 0.25) is 0 Å². The summed E-state index contributed by atoms with van der Waals surface area (Å²) in [5.74, 6) is 0.455. The van der Waals surface area contributed by atoms with Crippen molar-refractivity contribution in [2.24, 2.45) is 0 Å². The second-order valence-electron chi connectivity index (χ2n) is 3.61. The quantitative estimate of drug-likeness (QED) is 0.751. The van der Waals surface area contributed by atoms with Gasteiger partial charge in [0.15, 0.2) is 0 Å². The molecule has 72 valence electrons. The van der Waals surface area contributed by atoms with Crippen molar-refractivity contribution in [1.29, 1.82) is 0 Å². The fourth-order valence-electron chi connectivity index (χ4n) is 1.49. The van der Waals surface area contributed by atoms with Gasteiger partial charge in [0.1, 0.15) is 0 Å². The van der Waals surface area contributed by atoms with Crippen LogP contribution in [0.2, 0.25) is 0 Å². The van der Waals surface area contributed by atoms with Crippen LogP contribution in [0.3, 0.4) is 0 Å². The Morgan fingerprint density at radius 1 is 1.23 bits per heavy atom. The number of hydrogen-bond donors (Lipinski definition) is 1. The number of benzene rings is 1. The van der Waals surface area contributed by atoms with Crippen molar-refractivity contribution >= 4 is 0 Å². The molecule has 0 heterocycles. The summed E-state index contributed by atoms with van der Waals surface area (Å²) >= 11 is 0. The highest BCUT2D eigenvalue weighted by atomic mass is 16.3. The first-order valence-corrected chi connectivity index (χ1v) is 4.97. The molecule has 0 saturated heterocycles. The standard InChI is InChI=1S/C12H18O/c1-3-12(13)9-10(2)11-7-5-4-6-8-11/h4-8,10,12-13H,3,9H2,1-2H3. The van der Waals surface area contributed by atoms with Crippen LogP contribution in [-0.2, 0) is 0 Å². The lowest BCUT2D eigenvalue weighted by Crippen LogP contribution is -2.08. The molecule has 1 aromatic rings. The number of hydrogen-bond acceptors (Lipinski definition) is 1. The molecule has 1 N–H and O–H groups in total. The van der Waals surface area contributed by atoms with Gasteiger partial charge in [-0.05, 0) is 24.3 Å². The van der Waals surface area contributed by atoms with E-state index in [4.69, 9.17) is 0 Å². The predicted octanol–water partition coefficient (Wildman–Crippen LogP) is 2.95. The highest BCUT2D eigenvalue weighted by Crippen LogP contribution is 2.20. The van der Waals surface area contributed by atoms with Crippen molar-refractivity contribution in [2.75, 3.05) is 0 Å². The number of aliphatic hydroxyl groups is 1. The summed E-state index contributed by atoms with van der Waals surface area (Å²) in [7, 11) is 0. The molecule has 0 saturated carbocycles. The zero-order chi connectivity index (χ0) is 9.68. The summed E-state index contributed by atoms with van der Waals surface area (Å²) in [5, 5.41) is 9.49. The lowest BCUT2D eigenvalue weighted by Gasteiger charge is -2.15. The Hall–Kier alpha value is -0.820. The second-order valence-corrected chi connectivity index (χ2v) is 3.61. The van der Waals surface area contributed by atoms with Crippen LogP contribution in [-0.4, -0.2) is 11.2 Å². The molecule has 13 heavy (non-hydrogen) atoms. The van der Waals surface area contributed by atoms with Gasteiger partial charge in [-0.15, -0.1) is 0 Å². The maximum Gasteiger partial charge on any atom is 0.0543 e. The molecule has 0 spiro atoms. The summed E-state index contributed by atoms with van der Waals surface area (Å²) in [6, 6.07) is 10.3. The first-order chi connectivity index (χ1) is 6.24. The molecule has 2 unspecified atom stereocenters. The zero-order valence-corrected chi connectivity index (χ0v) is 8.40. The monoisotopic (exact) mass is 178 g/mol. The third-order valence-corrected chi connectivity index (χ3v) is 2.47. The van der Waals surface area contributed by atoms with Gasteiger partial charge >= 0.3 is 0 Å². The van der Waals surface area contributed by atoms with E-state index in [-0.39, 0.29) is 6.10 Å². The van der Waals surface area contributed by atoms with Gasteiger partial charge in [-0.3, -0.25) is 0 Å². The van der Waals surface area contributed by atoms with E-state index in [1.807, 2.05) is 25.1 Å². The Balaban J connectivity index is 2.53. The van der Waals surface area contributed by atoms with Gasteiger partial charge < -0.3 is 5.11 Å². The topological polar surface area (TPSA) is 20.2 Å². The third kappa shape index (κ3) is 3.19. The summed E-state index contributed by atoms with van der Waals surface area (Å²) in [4.78, 5) is 0. The average molecular weight is 178 g/mol. The lowest BCUT2D eigenvalue weighted by atomic mass is 9.94. The van der Waals surface area contributed by atoms with E-state index in [9.17, 15) is 5.11 Å². The van der Waals surface area contributed by atoms with E-state index in [0.29, 0.717) is 5.92 Å². The molecule has 0 aromatic heterocycles. The van der Waals surface area contributed by atoms with Gasteiger partial charge in [-0.25, -0.2) is 0 Å². The van der Waals surface area contributed by atoms with Crippen molar-refractivity contribution in [3.05, 3.63) is 35.9 Å². The Bertz CT molecular complexity index is 230. The van der Waals surface area contributed by atoms with E-state index in [1.165, 1.54) is 5.56 Å². The summed E-state index contributed by atoms with van der Waals surface area (Å²) in [6.07, 6.45) is 1.55. The first kappa shape index (κ1) is 10.3. The molecule has 0 aliphatic carbocycles. The first-order valence-electron chi connectivity index (χ1n) is 4.97. The normalized spacial score (nSPS) is 15.3. The maximum absolute atomic E-state index is 9.49. The molecule has 1 nitrogen and oxygen atoms in total. The van der Waals surface area contributed by atoms with Crippen LogP contribution < -0.4 is 0 Å². The molecule has 1 aromatic carbocycles. The van der Waals surface area contributed by atoms with Gasteiger partial charge in [0.05, 0.1) is 6.10 Å². The van der Waals surface area contributed by atoms with Crippen LogP contribution in [0.15, 0.2) is 30.3 Å². The van der Waals surface area contributed by atoms with Crippen LogP contribution in [0.4, 0.5) is 0 Å². The number of rotatable bonds is 4. The Labute approximate surface area is 80.4 Å². The Morgan fingerprint density at radius 2 is 1.85 bits per heavy atom. The molecule has 0 fully saturated rings. The lowest BCUT2D eigenvalue weighted by molar-refractivity contribution is 0.153. The minimum absolute atomic E-state index is 0.157. The summed E-state index contributed by atoms with van der Waals surface area (Å²) in [5.41, 5.74) is 1.31. The van der Waals surface area contributed by atoms with Gasteiger partial charge in [-0.1, -0.05) is 44.2 Å². The number of aliphatic hydroxyl groups excluding tert-OH is 1. The largest absolute Gasteiger partial charge is 0.393 e. The Kier molecular flexibility index (Phi) is 3.97. The SMILES string of the molecule is CCC(O)CC(C)c1ccccc1.